The fourth-order valence-electron chi connectivity index (χ4n) is 3.33. The Balaban J connectivity index is 1.88. The van der Waals surface area contributed by atoms with E-state index in [-0.39, 0.29) is 17.8 Å². The molecule has 1 aliphatic heterocycles. The van der Waals surface area contributed by atoms with Crippen LogP contribution in [0.2, 0.25) is 0 Å². The minimum atomic E-state index is -5.09. The molecular weight excluding hydrogens is 494 g/mol. The standard InChI is InChI=1S/C16H21F3N5O9P/c1-3-31-13(26)14(34(27,28)29)32-4-6-9(30-2)8(25)12(33-6)24-5-21-7-10(20)22-15(16(17,18)19)23-11(7)24/h5-6,8-9,12,14,25H,3-4H2,1-2H3,(H2,20,22,23)(H2,27,28,29). The second-order valence-corrected chi connectivity index (χ2v) is 8.68. The summed E-state index contributed by atoms with van der Waals surface area (Å²) in [6, 6.07) is 0. The van der Waals surface area contributed by atoms with Gasteiger partial charge in [-0.1, -0.05) is 0 Å². The van der Waals surface area contributed by atoms with Crippen LogP contribution in [0.15, 0.2) is 6.33 Å². The first-order valence-electron chi connectivity index (χ1n) is 9.56. The van der Waals surface area contributed by atoms with E-state index in [2.05, 4.69) is 19.7 Å². The van der Waals surface area contributed by atoms with Crippen LogP contribution in [-0.4, -0.2) is 84.9 Å². The highest BCUT2D eigenvalue weighted by molar-refractivity contribution is 7.53. The van der Waals surface area contributed by atoms with Crippen molar-refractivity contribution in [2.45, 2.75) is 43.5 Å². The van der Waals surface area contributed by atoms with Gasteiger partial charge >= 0.3 is 19.7 Å². The fraction of sp³-hybridized carbons (Fsp3) is 0.625. The maximum absolute atomic E-state index is 13.1. The lowest BCUT2D eigenvalue weighted by molar-refractivity contribution is -0.155. The number of esters is 1. The van der Waals surface area contributed by atoms with Crippen LogP contribution in [0.3, 0.4) is 0 Å². The van der Waals surface area contributed by atoms with Crippen LogP contribution in [0.1, 0.15) is 19.0 Å². The Kier molecular flexibility index (Phi) is 7.47. The summed E-state index contributed by atoms with van der Waals surface area (Å²) < 4.78 is 72.4. The molecule has 5 N–H and O–H groups in total. The van der Waals surface area contributed by atoms with Crippen LogP contribution in [-0.2, 0) is 34.5 Å². The molecule has 190 valence electrons. The van der Waals surface area contributed by atoms with Crippen LogP contribution < -0.4 is 5.73 Å². The SMILES string of the molecule is CCOC(=O)C(OCC1OC(n2cnc3c(N)nc(C(F)(F)F)nc32)C(O)C1OC)P(=O)(O)O. The van der Waals surface area contributed by atoms with E-state index < -0.39 is 68.4 Å². The number of ether oxygens (including phenoxy) is 4. The number of methoxy groups -OCH3 is 1. The van der Waals surface area contributed by atoms with Crippen LogP contribution in [0.4, 0.5) is 19.0 Å². The van der Waals surface area contributed by atoms with Crippen molar-refractivity contribution in [2.24, 2.45) is 0 Å². The largest absolute Gasteiger partial charge is 0.464 e. The lowest BCUT2D eigenvalue weighted by Gasteiger charge is -2.22. The van der Waals surface area contributed by atoms with E-state index in [1.54, 1.807) is 0 Å². The Morgan fingerprint density at radius 2 is 2.06 bits per heavy atom. The summed E-state index contributed by atoms with van der Waals surface area (Å²) in [4.78, 5) is 41.1. The molecule has 5 atom stereocenters. The minimum Gasteiger partial charge on any atom is -0.464 e. The summed E-state index contributed by atoms with van der Waals surface area (Å²) in [5.74, 6) is -5.66. The highest BCUT2D eigenvalue weighted by Crippen LogP contribution is 2.43. The first-order chi connectivity index (χ1) is 15.8. The highest BCUT2D eigenvalue weighted by atomic mass is 31.2. The van der Waals surface area contributed by atoms with Gasteiger partial charge in [-0.2, -0.15) is 13.2 Å². The number of anilines is 1. The maximum atomic E-state index is 13.1. The minimum absolute atomic E-state index is 0.168. The molecule has 0 amide bonds. The molecule has 0 spiro atoms. The maximum Gasteiger partial charge on any atom is 0.451 e. The van der Waals surface area contributed by atoms with E-state index in [9.17, 15) is 37.4 Å². The van der Waals surface area contributed by atoms with Gasteiger partial charge < -0.3 is 39.6 Å². The number of aromatic nitrogens is 4. The van der Waals surface area contributed by atoms with Gasteiger partial charge in [0.15, 0.2) is 17.7 Å². The van der Waals surface area contributed by atoms with Gasteiger partial charge in [-0.3, -0.25) is 9.13 Å². The number of carbonyl (C=O) groups excluding carboxylic acids is 1. The number of alkyl halides is 3. The first-order valence-corrected chi connectivity index (χ1v) is 11.2. The lowest BCUT2D eigenvalue weighted by atomic mass is 10.1. The number of rotatable bonds is 8. The van der Waals surface area contributed by atoms with Gasteiger partial charge in [-0.15, -0.1) is 0 Å². The Labute approximate surface area is 188 Å². The molecule has 3 rings (SSSR count). The first kappa shape index (κ1) is 26.2. The summed E-state index contributed by atoms with van der Waals surface area (Å²) in [6.45, 7) is 0.601. The number of halogens is 3. The molecule has 0 aromatic carbocycles. The second-order valence-electron chi connectivity index (χ2n) is 7.04. The number of carbonyl (C=O) groups is 1. The van der Waals surface area contributed by atoms with Gasteiger partial charge in [0, 0.05) is 7.11 Å². The number of nitrogens with zero attached hydrogens (tertiary/aromatic N) is 4. The molecule has 0 radical (unpaired) electrons. The molecule has 0 aliphatic carbocycles. The Bertz CT molecular complexity index is 1090. The van der Waals surface area contributed by atoms with Crippen LogP contribution in [0.25, 0.3) is 11.2 Å². The number of imidazole rings is 1. The smallest absolute Gasteiger partial charge is 0.451 e. The van der Waals surface area contributed by atoms with E-state index in [4.69, 9.17) is 19.9 Å². The number of nitrogens with two attached hydrogens (primary N) is 1. The van der Waals surface area contributed by atoms with Crippen molar-refractivity contribution < 1.29 is 56.4 Å². The number of aliphatic hydroxyl groups excluding tert-OH is 1. The van der Waals surface area contributed by atoms with E-state index in [0.29, 0.717) is 0 Å². The van der Waals surface area contributed by atoms with E-state index in [0.717, 1.165) is 10.9 Å². The molecule has 1 fully saturated rings. The number of fused-ring (bicyclic) bond motifs is 1. The Morgan fingerprint density at radius 1 is 1.38 bits per heavy atom. The van der Waals surface area contributed by atoms with Gasteiger partial charge in [0.05, 0.1) is 19.5 Å². The highest BCUT2D eigenvalue weighted by Gasteiger charge is 2.48. The van der Waals surface area contributed by atoms with Crippen molar-refractivity contribution in [3.8, 4) is 0 Å². The molecule has 5 unspecified atom stereocenters. The Hall–Kier alpha value is -2.40. The van der Waals surface area contributed by atoms with Gasteiger partial charge in [-0.05, 0) is 6.92 Å². The van der Waals surface area contributed by atoms with Gasteiger partial charge in [0.25, 0.3) is 5.85 Å². The van der Waals surface area contributed by atoms with E-state index in [1.807, 2.05) is 0 Å². The van der Waals surface area contributed by atoms with Gasteiger partial charge in [0.2, 0.25) is 5.82 Å². The molecule has 34 heavy (non-hydrogen) atoms. The fourth-order valence-corrected chi connectivity index (χ4v) is 3.96. The quantitative estimate of drug-likeness (QED) is 0.266. The molecular formula is C16H21F3N5O9P. The van der Waals surface area contributed by atoms with Crippen molar-refractivity contribution in [3.63, 3.8) is 0 Å². The molecule has 0 saturated carbocycles. The molecule has 18 heteroatoms. The number of nitrogen functional groups attached to an aromatic ring is 1. The predicted molar refractivity (Wildman–Crippen MR) is 104 cm³/mol. The normalized spacial score (nSPS) is 24.5. The third kappa shape index (κ3) is 5.14. The third-order valence-electron chi connectivity index (χ3n) is 4.77. The molecule has 1 saturated heterocycles. The Morgan fingerprint density at radius 3 is 2.62 bits per heavy atom. The molecule has 14 nitrogen and oxygen atoms in total. The van der Waals surface area contributed by atoms with Gasteiger partial charge in [0.1, 0.15) is 23.8 Å². The van der Waals surface area contributed by atoms with Crippen molar-refractivity contribution >= 4 is 30.5 Å². The number of hydrogen-bond donors (Lipinski definition) is 4. The van der Waals surface area contributed by atoms with Crippen LogP contribution in [0.5, 0.6) is 0 Å². The zero-order valence-corrected chi connectivity index (χ0v) is 18.5. The predicted octanol–water partition coefficient (Wildman–Crippen LogP) is -0.216. The zero-order chi connectivity index (χ0) is 25.4. The van der Waals surface area contributed by atoms with Crippen LogP contribution >= 0.6 is 7.60 Å². The summed E-state index contributed by atoms with van der Waals surface area (Å²) >= 11 is 0. The molecule has 1 aliphatic rings. The molecule has 2 aromatic heterocycles. The average molecular weight is 515 g/mol. The monoisotopic (exact) mass is 515 g/mol. The van der Waals surface area contributed by atoms with E-state index >= 15 is 0 Å². The van der Waals surface area contributed by atoms with Gasteiger partial charge in [-0.25, -0.2) is 19.7 Å². The molecule has 2 aromatic rings. The lowest BCUT2D eigenvalue weighted by Crippen LogP contribution is -2.38. The average Bonchev–Trinajstić information content (AvgIpc) is 3.27. The second kappa shape index (κ2) is 9.69. The van der Waals surface area contributed by atoms with Crippen LogP contribution in [0, 0.1) is 0 Å². The van der Waals surface area contributed by atoms with Crippen molar-refractivity contribution in [1.29, 1.82) is 0 Å². The summed E-state index contributed by atoms with van der Waals surface area (Å²) in [6.07, 6.45) is -9.21. The zero-order valence-electron chi connectivity index (χ0n) is 17.6. The summed E-state index contributed by atoms with van der Waals surface area (Å²) in [5, 5.41) is 10.7. The topological polar surface area (TPSA) is 201 Å². The van der Waals surface area contributed by atoms with E-state index in [1.165, 1.54) is 14.0 Å². The molecule has 0 bridgehead atoms. The molecule has 3 heterocycles. The number of hydrogen-bond acceptors (Lipinski definition) is 11. The third-order valence-corrected chi connectivity index (χ3v) is 5.74. The van der Waals surface area contributed by atoms with Crippen molar-refractivity contribution in [3.05, 3.63) is 12.2 Å². The van der Waals surface area contributed by atoms with Crippen molar-refractivity contribution in [2.75, 3.05) is 26.1 Å². The van der Waals surface area contributed by atoms with Crippen molar-refractivity contribution in [1.82, 2.24) is 19.5 Å². The summed E-state index contributed by atoms with van der Waals surface area (Å²) in [7, 11) is -3.91. The summed E-state index contributed by atoms with van der Waals surface area (Å²) in [5.41, 5.74) is 4.99. The number of aliphatic hydroxyl groups is 1.